The molecule has 0 rings (SSSR count). The van der Waals surface area contributed by atoms with Crippen LogP contribution in [0, 0.1) is 0 Å². The Balaban J connectivity index is 2.78. The second-order valence-corrected chi connectivity index (χ2v) is 1.50. The highest BCUT2D eigenvalue weighted by Gasteiger charge is 1.68. The van der Waals surface area contributed by atoms with E-state index in [1.54, 1.807) is 0 Å². The zero-order chi connectivity index (χ0) is 5.54. The molecule has 0 unspecified atom stereocenters. The Hall–Kier alpha value is -0.330. The predicted molar refractivity (Wildman–Crippen MR) is 33.9 cm³/mol. The summed E-state index contributed by atoms with van der Waals surface area (Å²) >= 11 is 0. The molecule has 7 heavy (non-hydrogen) atoms. The van der Waals surface area contributed by atoms with E-state index in [2.05, 4.69) is 18.8 Å². The van der Waals surface area contributed by atoms with Crippen molar-refractivity contribution in [2.75, 3.05) is 6.54 Å². The molecule has 0 aliphatic heterocycles. The standard InChI is InChI=1S/C6H13N/c1-3-5-7-6-4-2/h5H,3-4,6H2,1-2H3. The molecule has 0 aromatic rings. The van der Waals surface area contributed by atoms with Gasteiger partial charge in [0, 0.05) is 6.54 Å². The van der Waals surface area contributed by atoms with Crippen LogP contribution in [-0.2, 0) is 0 Å². The Morgan fingerprint density at radius 3 is 2.57 bits per heavy atom. The highest BCUT2D eigenvalue weighted by molar-refractivity contribution is 5.56. The normalized spacial score (nSPS) is 10.6. The Labute approximate surface area is 45.5 Å². The average Bonchev–Trinajstić information content (AvgIpc) is 1.69. The Bertz CT molecular complexity index is 48.1. The Kier molecular flexibility index (Phi) is 5.40. The lowest BCUT2D eigenvalue weighted by atomic mass is 10.5. The van der Waals surface area contributed by atoms with Gasteiger partial charge in [0.25, 0.3) is 0 Å². The van der Waals surface area contributed by atoms with E-state index in [-0.39, 0.29) is 0 Å². The van der Waals surface area contributed by atoms with Gasteiger partial charge in [-0.15, -0.1) is 0 Å². The van der Waals surface area contributed by atoms with Crippen LogP contribution in [0.4, 0.5) is 0 Å². The fraction of sp³-hybridized carbons (Fsp3) is 0.833. The molecular weight excluding hydrogens is 86.1 g/mol. The molecule has 0 saturated heterocycles. The lowest BCUT2D eigenvalue weighted by Crippen LogP contribution is -1.74. The third-order valence-electron chi connectivity index (χ3n) is 0.664. The summed E-state index contributed by atoms with van der Waals surface area (Å²) in [7, 11) is 0. The maximum Gasteiger partial charge on any atom is 0.0382 e. The highest BCUT2D eigenvalue weighted by Crippen LogP contribution is 1.75. The van der Waals surface area contributed by atoms with Gasteiger partial charge >= 0.3 is 0 Å². The number of aliphatic imine (C=N–C) groups is 1. The summed E-state index contributed by atoms with van der Waals surface area (Å²) in [5.74, 6) is 0. The van der Waals surface area contributed by atoms with Crippen molar-refractivity contribution >= 4 is 6.21 Å². The number of hydrogen-bond donors (Lipinski definition) is 0. The van der Waals surface area contributed by atoms with E-state index in [1.807, 2.05) is 6.21 Å². The lowest BCUT2D eigenvalue weighted by molar-refractivity contribution is 0.932. The zero-order valence-electron chi connectivity index (χ0n) is 5.15. The summed E-state index contributed by atoms with van der Waals surface area (Å²) in [6.45, 7) is 5.22. The first kappa shape index (κ1) is 6.67. The fourth-order valence-corrected chi connectivity index (χ4v) is 0.349. The molecule has 0 spiro atoms. The monoisotopic (exact) mass is 99.1 g/mol. The largest absolute Gasteiger partial charge is 0.298 e. The van der Waals surface area contributed by atoms with E-state index in [1.165, 1.54) is 0 Å². The zero-order valence-corrected chi connectivity index (χ0v) is 5.15. The van der Waals surface area contributed by atoms with E-state index in [0.717, 1.165) is 19.4 Å². The summed E-state index contributed by atoms with van der Waals surface area (Å²) in [6.07, 6.45) is 4.19. The number of hydrogen-bond acceptors (Lipinski definition) is 1. The van der Waals surface area contributed by atoms with Crippen LogP contribution in [0.2, 0.25) is 0 Å². The van der Waals surface area contributed by atoms with Gasteiger partial charge in [-0.1, -0.05) is 13.8 Å². The van der Waals surface area contributed by atoms with Crippen LogP contribution >= 0.6 is 0 Å². The Morgan fingerprint density at radius 2 is 2.14 bits per heavy atom. The van der Waals surface area contributed by atoms with Crippen molar-refractivity contribution < 1.29 is 0 Å². The van der Waals surface area contributed by atoms with Gasteiger partial charge in [0.15, 0.2) is 0 Å². The minimum Gasteiger partial charge on any atom is -0.298 e. The maximum absolute atomic E-state index is 4.08. The van der Waals surface area contributed by atoms with Gasteiger partial charge in [-0.05, 0) is 19.1 Å². The third-order valence-corrected chi connectivity index (χ3v) is 0.664. The molecule has 0 amide bonds. The van der Waals surface area contributed by atoms with Crippen molar-refractivity contribution in [1.82, 2.24) is 0 Å². The number of rotatable bonds is 3. The molecule has 0 radical (unpaired) electrons. The van der Waals surface area contributed by atoms with E-state index < -0.39 is 0 Å². The average molecular weight is 99.2 g/mol. The molecule has 0 aliphatic carbocycles. The van der Waals surface area contributed by atoms with Crippen LogP contribution in [0.15, 0.2) is 4.99 Å². The maximum atomic E-state index is 4.08. The minimum absolute atomic E-state index is 0.994. The topological polar surface area (TPSA) is 12.4 Å². The predicted octanol–water partition coefficient (Wildman–Crippen LogP) is 1.88. The smallest absolute Gasteiger partial charge is 0.0382 e. The Morgan fingerprint density at radius 1 is 1.43 bits per heavy atom. The molecule has 1 heteroatoms. The highest BCUT2D eigenvalue weighted by atomic mass is 14.7. The molecule has 0 bridgehead atoms. The lowest BCUT2D eigenvalue weighted by Gasteiger charge is -1.80. The number of nitrogens with zero attached hydrogens (tertiary/aromatic N) is 1. The van der Waals surface area contributed by atoms with Crippen molar-refractivity contribution in [3.63, 3.8) is 0 Å². The van der Waals surface area contributed by atoms with Crippen LogP contribution in [0.3, 0.4) is 0 Å². The van der Waals surface area contributed by atoms with E-state index in [9.17, 15) is 0 Å². The van der Waals surface area contributed by atoms with Crippen LogP contribution in [0.1, 0.15) is 26.7 Å². The van der Waals surface area contributed by atoms with Crippen LogP contribution in [0.25, 0.3) is 0 Å². The van der Waals surface area contributed by atoms with Gasteiger partial charge in [0.1, 0.15) is 0 Å². The van der Waals surface area contributed by atoms with Crippen molar-refractivity contribution in [3.8, 4) is 0 Å². The molecule has 0 N–H and O–H groups in total. The van der Waals surface area contributed by atoms with E-state index >= 15 is 0 Å². The molecule has 0 atom stereocenters. The molecule has 0 aromatic carbocycles. The molecule has 1 nitrogen and oxygen atoms in total. The van der Waals surface area contributed by atoms with Gasteiger partial charge in [-0.25, -0.2) is 0 Å². The first-order valence-electron chi connectivity index (χ1n) is 2.90. The quantitative estimate of drug-likeness (QED) is 0.479. The van der Waals surface area contributed by atoms with Gasteiger partial charge < -0.3 is 0 Å². The SMILES string of the molecule is CCC=NCCC. The summed E-state index contributed by atoms with van der Waals surface area (Å²) in [4.78, 5) is 4.08. The first-order valence-corrected chi connectivity index (χ1v) is 2.90. The van der Waals surface area contributed by atoms with Crippen LogP contribution in [-0.4, -0.2) is 12.8 Å². The second-order valence-electron chi connectivity index (χ2n) is 1.50. The molecule has 0 heterocycles. The molecule has 0 fully saturated rings. The summed E-state index contributed by atoms with van der Waals surface area (Å²) in [5.41, 5.74) is 0. The summed E-state index contributed by atoms with van der Waals surface area (Å²) in [6, 6.07) is 0. The second kappa shape index (κ2) is 5.67. The van der Waals surface area contributed by atoms with Crippen LogP contribution < -0.4 is 0 Å². The first-order chi connectivity index (χ1) is 3.41. The van der Waals surface area contributed by atoms with Gasteiger partial charge in [0.05, 0.1) is 0 Å². The third kappa shape index (κ3) is 5.67. The van der Waals surface area contributed by atoms with Gasteiger partial charge in [-0.3, -0.25) is 4.99 Å². The molecule has 0 aromatic heterocycles. The van der Waals surface area contributed by atoms with Gasteiger partial charge in [-0.2, -0.15) is 0 Å². The molecular formula is C6H13N. The molecule has 42 valence electrons. The van der Waals surface area contributed by atoms with E-state index in [0.29, 0.717) is 0 Å². The van der Waals surface area contributed by atoms with E-state index in [4.69, 9.17) is 0 Å². The summed E-state index contributed by atoms with van der Waals surface area (Å²) < 4.78 is 0. The minimum atomic E-state index is 0.994. The van der Waals surface area contributed by atoms with Crippen molar-refractivity contribution in [2.24, 2.45) is 4.99 Å². The van der Waals surface area contributed by atoms with Crippen molar-refractivity contribution in [3.05, 3.63) is 0 Å². The van der Waals surface area contributed by atoms with Crippen molar-refractivity contribution in [1.29, 1.82) is 0 Å². The fourth-order valence-electron chi connectivity index (χ4n) is 0.349. The molecule has 0 saturated carbocycles. The van der Waals surface area contributed by atoms with Gasteiger partial charge in [0.2, 0.25) is 0 Å². The summed E-state index contributed by atoms with van der Waals surface area (Å²) in [5, 5.41) is 0. The van der Waals surface area contributed by atoms with Crippen molar-refractivity contribution in [2.45, 2.75) is 26.7 Å². The van der Waals surface area contributed by atoms with Crippen LogP contribution in [0.5, 0.6) is 0 Å². The molecule has 0 aliphatic rings.